The van der Waals surface area contributed by atoms with Crippen molar-refractivity contribution >= 4 is 17.7 Å². The Labute approximate surface area is 108 Å². The summed E-state index contributed by atoms with van der Waals surface area (Å²) >= 11 is 0. The molecule has 18 heavy (non-hydrogen) atoms. The predicted molar refractivity (Wildman–Crippen MR) is 73.6 cm³/mol. The van der Waals surface area contributed by atoms with E-state index in [2.05, 4.69) is 31.3 Å². The summed E-state index contributed by atoms with van der Waals surface area (Å²) in [5, 5.41) is 3.44. The van der Waals surface area contributed by atoms with E-state index < -0.39 is 0 Å². The number of methoxy groups -OCH3 is 1. The maximum absolute atomic E-state index is 11.5. The summed E-state index contributed by atoms with van der Waals surface area (Å²) < 4.78 is 4.77. The largest absolute Gasteiger partial charge is 0.469 e. The molecule has 2 rings (SSSR count). The predicted octanol–water partition coefficient (Wildman–Crippen LogP) is 3.18. The van der Waals surface area contributed by atoms with Gasteiger partial charge in [-0.25, -0.2) is 0 Å². The fourth-order valence-electron chi connectivity index (χ4n) is 2.10. The highest BCUT2D eigenvalue weighted by atomic mass is 16.5. The third-order valence-corrected chi connectivity index (χ3v) is 3.27. The van der Waals surface area contributed by atoms with E-state index >= 15 is 0 Å². The van der Waals surface area contributed by atoms with Gasteiger partial charge in [0, 0.05) is 5.69 Å². The van der Waals surface area contributed by atoms with E-state index in [0.717, 1.165) is 16.8 Å². The highest BCUT2D eigenvalue weighted by Gasteiger charge is 2.21. The van der Waals surface area contributed by atoms with Crippen LogP contribution in [0, 0.1) is 0 Å². The number of carbonyl (C=O) groups excluding carboxylic acids is 1. The zero-order chi connectivity index (χ0) is 13.3. The third-order valence-electron chi connectivity index (χ3n) is 3.27. The Kier molecular flexibility index (Phi) is 3.16. The fraction of sp³-hybridized carbons (Fsp3) is 0.400. The summed E-state index contributed by atoms with van der Waals surface area (Å²) in [6, 6.07) is 6.04. The number of hydrogen-bond donors (Lipinski definition) is 1. The average Bonchev–Trinajstić information content (AvgIpc) is 2.35. The number of ether oxygens (including phenoxy) is 1. The lowest BCUT2D eigenvalue weighted by Crippen LogP contribution is -2.30. The van der Waals surface area contributed by atoms with E-state index in [9.17, 15) is 4.79 Å². The van der Waals surface area contributed by atoms with Gasteiger partial charge < -0.3 is 10.1 Å². The maximum Gasteiger partial charge on any atom is 0.312 e. The summed E-state index contributed by atoms with van der Waals surface area (Å²) in [6.45, 7) is 6.10. The van der Waals surface area contributed by atoms with Crippen LogP contribution >= 0.6 is 0 Å². The molecule has 0 amide bonds. The van der Waals surface area contributed by atoms with E-state index in [1.165, 1.54) is 7.11 Å². The molecule has 96 valence electrons. The normalized spacial score (nSPS) is 17.6. The average molecular weight is 245 g/mol. The van der Waals surface area contributed by atoms with Crippen molar-refractivity contribution in [3.05, 3.63) is 35.4 Å². The number of anilines is 1. The first-order valence-electron chi connectivity index (χ1n) is 6.12. The first-order chi connectivity index (χ1) is 8.43. The first-order valence-corrected chi connectivity index (χ1v) is 6.12. The molecule has 1 aromatic rings. The Balaban J connectivity index is 2.32. The minimum Gasteiger partial charge on any atom is -0.469 e. The topological polar surface area (TPSA) is 38.3 Å². The molecule has 0 saturated carbocycles. The van der Waals surface area contributed by atoms with Gasteiger partial charge >= 0.3 is 5.97 Å². The van der Waals surface area contributed by atoms with Crippen molar-refractivity contribution < 1.29 is 9.53 Å². The number of rotatable bonds is 2. The van der Waals surface area contributed by atoms with E-state index in [0.29, 0.717) is 0 Å². The summed E-state index contributed by atoms with van der Waals surface area (Å²) in [5.74, 6) is -0.438. The quantitative estimate of drug-likeness (QED) is 0.813. The van der Waals surface area contributed by atoms with Crippen molar-refractivity contribution in [2.45, 2.75) is 32.2 Å². The van der Waals surface area contributed by atoms with E-state index in [1.807, 2.05) is 25.1 Å². The molecule has 0 aliphatic carbocycles. The van der Waals surface area contributed by atoms with Crippen LogP contribution in [0.25, 0.3) is 6.08 Å². The van der Waals surface area contributed by atoms with Gasteiger partial charge in [-0.2, -0.15) is 0 Å². The van der Waals surface area contributed by atoms with Crippen molar-refractivity contribution in [1.29, 1.82) is 0 Å². The Morgan fingerprint density at radius 3 is 2.78 bits per heavy atom. The smallest absolute Gasteiger partial charge is 0.312 e. The van der Waals surface area contributed by atoms with Crippen molar-refractivity contribution in [3.8, 4) is 0 Å². The number of hydrogen-bond acceptors (Lipinski definition) is 3. The molecule has 1 unspecified atom stereocenters. The van der Waals surface area contributed by atoms with Gasteiger partial charge in [0.1, 0.15) is 0 Å². The van der Waals surface area contributed by atoms with Crippen molar-refractivity contribution in [1.82, 2.24) is 0 Å². The zero-order valence-corrected chi connectivity index (χ0v) is 11.3. The summed E-state index contributed by atoms with van der Waals surface area (Å²) in [7, 11) is 1.42. The number of fused-ring (bicyclic) bond motifs is 1. The molecule has 1 heterocycles. The van der Waals surface area contributed by atoms with Crippen LogP contribution in [-0.4, -0.2) is 18.6 Å². The number of benzene rings is 1. The van der Waals surface area contributed by atoms with Gasteiger partial charge in [-0.1, -0.05) is 18.2 Å². The monoisotopic (exact) mass is 245 g/mol. The molecule has 1 N–H and O–H groups in total. The molecule has 1 aliphatic heterocycles. The van der Waals surface area contributed by atoms with Gasteiger partial charge in [0.15, 0.2) is 0 Å². The highest BCUT2D eigenvalue weighted by Crippen LogP contribution is 2.30. The lowest BCUT2D eigenvalue weighted by molar-refractivity contribution is -0.141. The SMILES string of the molecule is COC(=O)C(C)c1ccc2c(c1)C=CC(C)(C)N2. The van der Waals surface area contributed by atoms with Crippen molar-refractivity contribution in [2.75, 3.05) is 12.4 Å². The van der Waals surface area contributed by atoms with Crippen LogP contribution < -0.4 is 5.32 Å². The number of carbonyl (C=O) groups is 1. The standard InChI is InChI=1S/C15H19NO2/c1-10(14(17)18-4)11-5-6-13-12(9-11)7-8-15(2,3)16-13/h5-10,16H,1-4H3. The van der Waals surface area contributed by atoms with Crippen LogP contribution in [0.5, 0.6) is 0 Å². The Morgan fingerprint density at radius 2 is 2.11 bits per heavy atom. The van der Waals surface area contributed by atoms with Gasteiger partial charge in [-0.3, -0.25) is 4.79 Å². The van der Waals surface area contributed by atoms with Gasteiger partial charge in [0.05, 0.1) is 18.6 Å². The minimum absolute atomic E-state index is 0.0253. The molecule has 0 bridgehead atoms. The molecule has 1 aromatic carbocycles. The zero-order valence-electron chi connectivity index (χ0n) is 11.3. The lowest BCUT2D eigenvalue weighted by atomic mass is 9.93. The summed E-state index contributed by atoms with van der Waals surface area (Å²) in [5.41, 5.74) is 3.17. The van der Waals surface area contributed by atoms with Gasteiger partial charge in [0.25, 0.3) is 0 Å². The number of esters is 1. The molecule has 0 radical (unpaired) electrons. The highest BCUT2D eigenvalue weighted by molar-refractivity contribution is 5.79. The third kappa shape index (κ3) is 2.40. The van der Waals surface area contributed by atoms with E-state index in [4.69, 9.17) is 4.74 Å². The molecular weight excluding hydrogens is 226 g/mol. The van der Waals surface area contributed by atoms with Crippen molar-refractivity contribution in [3.63, 3.8) is 0 Å². The van der Waals surface area contributed by atoms with Crippen LogP contribution in [0.4, 0.5) is 5.69 Å². The van der Waals surface area contributed by atoms with Crippen LogP contribution in [0.1, 0.15) is 37.8 Å². The molecule has 3 nitrogen and oxygen atoms in total. The second-order valence-electron chi connectivity index (χ2n) is 5.27. The van der Waals surface area contributed by atoms with Gasteiger partial charge in [-0.15, -0.1) is 0 Å². The van der Waals surface area contributed by atoms with E-state index in [-0.39, 0.29) is 17.4 Å². The Hall–Kier alpha value is -1.77. The molecule has 3 heteroatoms. The molecule has 0 aromatic heterocycles. The lowest BCUT2D eigenvalue weighted by Gasteiger charge is -2.29. The van der Waals surface area contributed by atoms with Crippen molar-refractivity contribution in [2.24, 2.45) is 0 Å². The van der Waals surface area contributed by atoms with Gasteiger partial charge in [0.2, 0.25) is 0 Å². The van der Waals surface area contributed by atoms with Crippen LogP contribution in [0.2, 0.25) is 0 Å². The molecule has 1 aliphatic rings. The van der Waals surface area contributed by atoms with Crippen LogP contribution in [0.3, 0.4) is 0 Å². The second-order valence-corrected chi connectivity index (χ2v) is 5.27. The van der Waals surface area contributed by atoms with Gasteiger partial charge in [-0.05, 0) is 44.0 Å². The fourth-order valence-corrected chi connectivity index (χ4v) is 2.10. The van der Waals surface area contributed by atoms with E-state index in [1.54, 1.807) is 0 Å². The number of nitrogens with one attached hydrogen (secondary N) is 1. The Bertz CT molecular complexity index is 503. The Morgan fingerprint density at radius 1 is 1.39 bits per heavy atom. The summed E-state index contributed by atoms with van der Waals surface area (Å²) in [6.07, 6.45) is 4.22. The minimum atomic E-state index is -0.233. The molecule has 0 saturated heterocycles. The molecule has 0 spiro atoms. The van der Waals surface area contributed by atoms with Crippen LogP contribution in [0.15, 0.2) is 24.3 Å². The molecule has 0 fully saturated rings. The summed E-state index contributed by atoms with van der Waals surface area (Å²) in [4.78, 5) is 11.5. The molecule has 1 atom stereocenters. The van der Waals surface area contributed by atoms with Crippen LogP contribution in [-0.2, 0) is 9.53 Å². The second kappa shape index (κ2) is 4.48. The first kappa shape index (κ1) is 12.7. The molecular formula is C15H19NO2. The maximum atomic E-state index is 11.5.